The number of rotatable bonds is 8. The number of nitrogens with one attached hydrogen (secondary N) is 1. The molecule has 0 spiro atoms. The van der Waals surface area contributed by atoms with Crippen molar-refractivity contribution in [2.24, 2.45) is 0 Å². The third-order valence-electron chi connectivity index (χ3n) is 4.71. The van der Waals surface area contributed by atoms with Gasteiger partial charge in [0.05, 0.1) is 0 Å². The Kier molecular flexibility index (Phi) is 7.02. The van der Waals surface area contributed by atoms with Crippen molar-refractivity contribution in [3.63, 3.8) is 0 Å². The average molecular weight is 441 g/mol. The summed E-state index contributed by atoms with van der Waals surface area (Å²) in [5, 5.41) is 4.75. The van der Waals surface area contributed by atoms with E-state index in [1.807, 2.05) is 60.7 Å². The van der Waals surface area contributed by atoms with Gasteiger partial charge in [-0.2, -0.15) is 0 Å². The van der Waals surface area contributed by atoms with Gasteiger partial charge in [0, 0.05) is 34.1 Å². The SMILES string of the molecule is O=C(NCCC[Si](O)(O)O)c1ccc(P(=O)(c2ccccc2)c2ccccc2)cc1. The first-order valence-electron chi connectivity index (χ1n) is 9.58. The number of amides is 1. The summed E-state index contributed by atoms with van der Waals surface area (Å²) in [6.07, 6.45) is 0.261. The van der Waals surface area contributed by atoms with Crippen LogP contribution >= 0.6 is 7.14 Å². The second kappa shape index (κ2) is 9.51. The quantitative estimate of drug-likeness (QED) is 0.240. The molecule has 0 radical (unpaired) electrons. The monoisotopic (exact) mass is 441 g/mol. The highest BCUT2D eigenvalue weighted by Crippen LogP contribution is 2.42. The van der Waals surface area contributed by atoms with Crippen molar-refractivity contribution in [1.29, 1.82) is 0 Å². The first kappa shape index (κ1) is 22.1. The molecule has 4 N–H and O–H groups in total. The van der Waals surface area contributed by atoms with E-state index in [0.717, 1.165) is 10.6 Å². The van der Waals surface area contributed by atoms with E-state index < -0.39 is 15.9 Å². The molecule has 30 heavy (non-hydrogen) atoms. The zero-order valence-electron chi connectivity index (χ0n) is 16.3. The van der Waals surface area contributed by atoms with Crippen LogP contribution in [0.4, 0.5) is 0 Å². The lowest BCUT2D eigenvalue weighted by Crippen LogP contribution is -2.35. The summed E-state index contributed by atoms with van der Waals surface area (Å²) in [6.45, 7) is 0.212. The van der Waals surface area contributed by atoms with E-state index in [9.17, 15) is 9.36 Å². The van der Waals surface area contributed by atoms with Gasteiger partial charge in [0.25, 0.3) is 5.91 Å². The van der Waals surface area contributed by atoms with Crippen LogP contribution in [0.1, 0.15) is 16.8 Å². The van der Waals surface area contributed by atoms with Gasteiger partial charge in [0.15, 0.2) is 7.14 Å². The van der Waals surface area contributed by atoms with Crippen LogP contribution in [-0.4, -0.2) is 35.6 Å². The number of carbonyl (C=O) groups excluding carboxylic acids is 1. The molecular formula is C22H24NO5PSi. The van der Waals surface area contributed by atoms with Crippen LogP contribution in [0.25, 0.3) is 0 Å². The summed E-state index contributed by atoms with van der Waals surface area (Å²) in [6, 6.07) is 25.1. The highest BCUT2D eigenvalue weighted by Gasteiger charge is 2.29. The second-order valence-corrected chi connectivity index (χ2v) is 11.8. The largest absolute Gasteiger partial charge is 0.492 e. The van der Waals surface area contributed by atoms with E-state index in [-0.39, 0.29) is 24.9 Å². The van der Waals surface area contributed by atoms with Gasteiger partial charge in [0.2, 0.25) is 0 Å². The van der Waals surface area contributed by atoms with E-state index in [1.54, 1.807) is 24.3 Å². The molecule has 0 unspecified atom stereocenters. The van der Waals surface area contributed by atoms with E-state index in [2.05, 4.69) is 5.32 Å². The van der Waals surface area contributed by atoms with Gasteiger partial charge in [-0.25, -0.2) is 0 Å². The summed E-state index contributed by atoms with van der Waals surface area (Å²) in [5.41, 5.74) is 0.409. The molecular weight excluding hydrogens is 417 g/mol. The molecule has 1 amide bonds. The topological polar surface area (TPSA) is 107 Å². The van der Waals surface area contributed by atoms with Gasteiger partial charge in [-0.15, -0.1) is 0 Å². The molecule has 0 heterocycles. The van der Waals surface area contributed by atoms with E-state index in [1.165, 1.54) is 0 Å². The molecule has 156 valence electrons. The van der Waals surface area contributed by atoms with Crippen molar-refractivity contribution >= 4 is 37.8 Å². The van der Waals surface area contributed by atoms with Gasteiger partial charge in [0.1, 0.15) is 0 Å². The smallest absolute Gasteiger partial charge is 0.390 e. The Bertz CT molecular complexity index is 977. The third-order valence-corrected chi connectivity index (χ3v) is 8.81. The van der Waals surface area contributed by atoms with Gasteiger partial charge < -0.3 is 24.3 Å². The molecule has 0 atom stereocenters. The first-order chi connectivity index (χ1) is 14.3. The lowest BCUT2D eigenvalue weighted by Gasteiger charge is -2.20. The van der Waals surface area contributed by atoms with Crippen molar-refractivity contribution in [2.45, 2.75) is 12.5 Å². The summed E-state index contributed by atoms with van der Waals surface area (Å²) in [5.74, 6) is -0.322. The number of carbonyl (C=O) groups is 1. The molecule has 0 saturated heterocycles. The zero-order valence-corrected chi connectivity index (χ0v) is 18.2. The molecule has 0 fully saturated rings. The Labute approximate surface area is 176 Å². The van der Waals surface area contributed by atoms with Crippen LogP contribution in [0.3, 0.4) is 0 Å². The third kappa shape index (κ3) is 5.33. The number of hydrogen-bond acceptors (Lipinski definition) is 5. The molecule has 0 aromatic heterocycles. The molecule has 8 heteroatoms. The van der Waals surface area contributed by atoms with Crippen LogP contribution in [0.2, 0.25) is 6.04 Å². The lowest BCUT2D eigenvalue weighted by molar-refractivity contribution is 0.0952. The fourth-order valence-electron chi connectivity index (χ4n) is 3.18. The Balaban J connectivity index is 1.82. The highest BCUT2D eigenvalue weighted by molar-refractivity contribution is 7.85. The maximum absolute atomic E-state index is 14.2. The minimum Gasteiger partial charge on any atom is -0.390 e. The Morgan fingerprint density at radius 3 is 1.70 bits per heavy atom. The predicted molar refractivity (Wildman–Crippen MR) is 120 cm³/mol. The fraction of sp³-hybridized carbons (Fsp3) is 0.136. The summed E-state index contributed by atoms with van der Waals surface area (Å²) < 4.78 is 14.2. The number of benzene rings is 3. The second-order valence-electron chi connectivity index (χ2n) is 6.96. The highest BCUT2D eigenvalue weighted by atomic mass is 31.2. The van der Waals surface area contributed by atoms with Crippen molar-refractivity contribution in [1.82, 2.24) is 5.32 Å². The van der Waals surface area contributed by atoms with Crippen LogP contribution in [0.5, 0.6) is 0 Å². The van der Waals surface area contributed by atoms with Crippen LogP contribution in [0, 0.1) is 0 Å². The molecule has 3 rings (SSSR count). The minimum atomic E-state index is -4.08. The van der Waals surface area contributed by atoms with Gasteiger partial charge in [-0.1, -0.05) is 72.8 Å². The maximum Gasteiger partial charge on any atom is 0.492 e. The minimum absolute atomic E-state index is 0.135. The number of hydrogen-bond donors (Lipinski definition) is 4. The Morgan fingerprint density at radius 1 is 0.767 bits per heavy atom. The maximum atomic E-state index is 14.2. The molecule has 0 saturated carbocycles. The molecule has 0 aliphatic rings. The zero-order chi connectivity index (χ0) is 21.6. The van der Waals surface area contributed by atoms with Crippen LogP contribution in [-0.2, 0) is 4.57 Å². The van der Waals surface area contributed by atoms with Crippen LogP contribution in [0.15, 0.2) is 84.9 Å². The lowest BCUT2D eigenvalue weighted by atomic mass is 10.2. The standard InChI is InChI=1S/C22H24NO5PSi/c24-22(23-16-7-17-30(26,27)28)18-12-14-21(15-13-18)29(25,19-8-3-1-4-9-19)20-10-5-2-6-11-20/h1-6,8-15,26-28H,7,16-17H2,(H,23,24). The molecule has 3 aromatic carbocycles. The average Bonchev–Trinajstić information content (AvgIpc) is 2.76. The molecule has 0 aliphatic heterocycles. The molecule has 3 aromatic rings. The van der Waals surface area contributed by atoms with Crippen molar-refractivity contribution in [3.8, 4) is 0 Å². The van der Waals surface area contributed by atoms with Gasteiger partial charge in [-0.05, 0) is 18.6 Å². The van der Waals surface area contributed by atoms with E-state index in [4.69, 9.17) is 14.4 Å². The molecule has 0 aliphatic carbocycles. The van der Waals surface area contributed by atoms with Gasteiger partial charge >= 0.3 is 8.80 Å². The summed E-state index contributed by atoms with van der Waals surface area (Å²) in [7, 11) is -7.17. The summed E-state index contributed by atoms with van der Waals surface area (Å²) >= 11 is 0. The Hall–Kier alpha value is -2.54. The van der Waals surface area contributed by atoms with Crippen molar-refractivity contribution in [3.05, 3.63) is 90.5 Å². The Morgan fingerprint density at radius 2 is 1.23 bits per heavy atom. The normalized spacial score (nSPS) is 11.8. The molecule has 0 bridgehead atoms. The van der Waals surface area contributed by atoms with Crippen LogP contribution < -0.4 is 21.2 Å². The van der Waals surface area contributed by atoms with Crippen molar-refractivity contribution in [2.75, 3.05) is 6.54 Å². The van der Waals surface area contributed by atoms with E-state index >= 15 is 0 Å². The predicted octanol–water partition coefficient (Wildman–Crippen LogP) is 1.36. The molecule has 6 nitrogen and oxygen atoms in total. The summed E-state index contributed by atoms with van der Waals surface area (Å²) in [4.78, 5) is 39.3. The van der Waals surface area contributed by atoms with Crippen molar-refractivity contribution < 1.29 is 23.7 Å². The fourth-order valence-corrected chi connectivity index (χ4v) is 6.47. The van der Waals surface area contributed by atoms with E-state index in [0.29, 0.717) is 10.9 Å². The first-order valence-corrected chi connectivity index (χ1v) is 13.3. The van der Waals surface area contributed by atoms with Gasteiger partial charge in [-0.3, -0.25) is 4.79 Å².